The molecule has 13 heteroatoms. The first kappa shape index (κ1) is 37.8. The fourth-order valence-electron chi connectivity index (χ4n) is 8.10. The van der Waals surface area contributed by atoms with Crippen LogP contribution in [0.3, 0.4) is 0 Å². The van der Waals surface area contributed by atoms with Gasteiger partial charge in [-0.25, -0.2) is 0 Å². The number of hydrogen-bond acceptors (Lipinski definition) is 10. The van der Waals surface area contributed by atoms with E-state index in [9.17, 15) is 20.0 Å². The first-order chi connectivity index (χ1) is 26.6. The minimum Gasteiger partial charge on any atom is -0.508 e. The van der Waals surface area contributed by atoms with Crippen LogP contribution < -0.4 is 19.3 Å². The lowest BCUT2D eigenvalue weighted by atomic mass is 9.98. The van der Waals surface area contributed by atoms with Crippen molar-refractivity contribution in [2.45, 2.75) is 51.6 Å². The highest BCUT2D eigenvalue weighted by Gasteiger charge is 2.34. The van der Waals surface area contributed by atoms with E-state index in [2.05, 4.69) is 40.6 Å². The van der Waals surface area contributed by atoms with Crippen LogP contribution in [0.5, 0.6) is 17.5 Å². The number of aromatic nitrogens is 2. The second kappa shape index (κ2) is 16.1. The summed E-state index contributed by atoms with van der Waals surface area (Å²) < 4.78 is 11.9. The largest absolute Gasteiger partial charge is 0.508 e. The number of nitrogens with zero attached hydrogens (tertiary/aromatic N) is 7. The highest BCUT2D eigenvalue weighted by atomic mass is 35.5. The standard InChI is InChI=1S/C42H46ClN7O5/c1-5-38(52)50-19-18-48(23-29(50)12-15-44)40-30-14-17-47(35-11-7-9-28-8-6-10-33(43)39(28)35)24-34(30)45-42(46-40)55-25-27-13-16-49(22-27)41(53)32-20-31(26(2)3)36(51)21-37(32)54-4/h5-11,20-21,26-27,29,51H,1,12-14,16-19,22-25H2,2-4H3. The average molecular weight is 764 g/mol. The van der Waals surface area contributed by atoms with Gasteiger partial charge in [-0.05, 0) is 54.0 Å². The van der Waals surface area contributed by atoms with Gasteiger partial charge in [0.1, 0.15) is 17.3 Å². The molecule has 7 rings (SSSR count). The highest BCUT2D eigenvalue weighted by molar-refractivity contribution is 6.36. The molecule has 1 N–H and O–H groups in total. The maximum Gasteiger partial charge on any atom is 0.318 e. The fraction of sp³-hybridized carbons (Fsp3) is 0.405. The molecule has 0 bridgehead atoms. The van der Waals surface area contributed by atoms with Gasteiger partial charge in [0.05, 0.1) is 55.1 Å². The van der Waals surface area contributed by atoms with Crippen LogP contribution in [0.15, 0.2) is 61.2 Å². The van der Waals surface area contributed by atoms with Gasteiger partial charge >= 0.3 is 6.01 Å². The van der Waals surface area contributed by atoms with E-state index in [1.807, 2.05) is 32.0 Å². The van der Waals surface area contributed by atoms with Crippen molar-refractivity contribution in [1.82, 2.24) is 19.8 Å². The molecule has 1 aromatic heterocycles. The molecule has 2 unspecified atom stereocenters. The second-order valence-corrected chi connectivity index (χ2v) is 15.1. The van der Waals surface area contributed by atoms with Gasteiger partial charge in [0, 0.05) is 67.9 Å². The smallest absolute Gasteiger partial charge is 0.318 e. The number of likely N-dealkylation sites (tertiary alicyclic amines) is 1. The summed E-state index contributed by atoms with van der Waals surface area (Å²) in [6.45, 7) is 11.6. The van der Waals surface area contributed by atoms with Crippen LogP contribution in [0, 0.1) is 17.2 Å². The molecular formula is C42H46ClN7O5. The molecule has 0 aliphatic carbocycles. The van der Waals surface area contributed by atoms with E-state index in [1.54, 1.807) is 15.9 Å². The summed E-state index contributed by atoms with van der Waals surface area (Å²) in [5, 5.41) is 22.9. The van der Waals surface area contributed by atoms with Crippen molar-refractivity contribution in [3.8, 4) is 23.6 Å². The molecule has 0 saturated carbocycles. The van der Waals surface area contributed by atoms with Crippen molar-refractivity contribution in [1.29, 1.82) is 5.26 Å². The van der Waals surface area contributed by atoms with Gasteiger partial charge < -0.3 is 34.2 Å². The van der Waals surface area contributed by atoms with Gasteiger partial charge in [0.2, 0.25) is 5.91 Å². The molecule has 286 valence electrons. The predicted molar refractivity (Wildman–Crippen MR) is 212 cm³/mol. The van der Waals surface area contributed by atoms with Crippen LogP contribution in [0.4, 0.5) is 11.5 Å². The Hall–Kier alpha value is -5.54. The molecule has 3 aliphatic rings. The van der Waals surface area contributed by atoms with Crippen LogP contribution in [0.2, 0.25) is 5.02 Å². The predicted octanol–water partition coefficient (Wildman–Crippen LogP) is 6.34. The number of aromatic hydroxyl groups is 1. The van der Waals surface area contributed by atoms with E-state index < -0.39 is 0 Å². The number of methoxy groups -OCH3 is 1. The molecule has 2 fully saturated rings. The van der Waals surface area contributed by atoms with Gasteiger partial charge in [-0.3, -0.25) is 9.59 Å². The lowest BCUT2D eigenvalue weighted by molar-refractivity contribution is -0.128. The van der Waals surface area contributed by atoms with E-state index in [0.29, 0.717) is 74.2 Å². The summed E-state index contributed by atoms with van der Waals surface area (Å²) in [6, 6.07) is 17.5. The number of ether oxygens (including phenoxy) is 2. The normalized spacial score (nSPS) is 18.3. The number of fused-ring (bicyclic) bond motifs is 2. The number of phenols is 1. The van der Waals surface area contributed by atoms with E-state index >= 15 is 0 Å². The Morgan fingerprint density at radius 2 is 1.89 bits per heavy atom. The number of hydrogen-bond donors (Lipinski definition) is 1. The number of piperazine rings is 1. The van der Waals surface area contributed by atoms with Gasteiger partial charge in [0.15, 0.2) is 0 Å². The number of carbonyl (C=O) groups is 2. The quantitative estimate of drug-likeness (QED) is 0.182. The third kappa shape index (κ3) is 7.58. The van der Waals surface area contributed by atoms with Crippen molar-refractivity contribution in [3.63, 3.8) is 0 Å². The van der Waals surface area contributed by atoms with Gasteiger partial charge in [-0.2, -0.15) is 15.2 Å². The summed E-state index contributed by atoms with van der Waals surface area (Å²) in [7, 11) is 1.49. The summed E-state index contributed by atoms with van der Waals surface area (Å²) >= 11 is 6.75. The zero-order valence-electron chi connectivity index (χ0n) is 31.5. The monoisotopic (exact) mass is 763 g/mol. The molecule has 3 aliphatic heterocycles. The number of amides is 2. The SMILES string of the molecule is C=CC(=O)N1CCN(c2nc(OCC3CCN(C(=O)c4cc(C(C)C)c(O)cc4OC)C3)nc3c2CCN(c2cccc4cccc(Cl)c24)C3)CC1CC#N. The van der Waals surface area contributed by atoms with E-state index in [-0.39, 0.29) is 47.9 Å². The Bertz CT molecular complexity index is 2170. The molecule has 2 atom stereocenters. The van der Waals surface area contributed by atoms with Crippen molar-refractivity contribution in [3.05, 3.63) is 88.6 Å². The molecular weight excluding hydrogens is 718 g/mol. The van der Waals surface area contributed by atoms with Crippen molar-refractivity contribution in [2.24, 2.45) is 5.92 Å². The number of phenolic OH excluding ortho intramolecular Hbond substituents is 1. The van der Waals surface area contributed by atoms with E-state index in [1.165, 1.54) is 19.3 Å². The van der Waals surface area contributed by atoms with E-state index in [0.717, 1.165) is 46.5 Å². The molecule has 2 saturated heterocycles. The number of benzene rings is 3. The molecule has 4 heterocycles. The lowest BCUT2D eigenvalue weighted by Gasteiger charge is -2.42. The summed E-state index contributed by atoms with van der Waals surface area (Å²) in [5.74, 6) is 0.946. The molecule has 0 spiro atoms. The Morgan fingerprint density at radius 3 is 2.64 bits per heavy atom. The third-order valence-corrected chi connectivity index (χ3v) is 11.3. The maximum atomic E-state index is 13.8. The second-order valence-electron chi connectivity index (χ2n) is 14.7. The minimum absolute atomic E-state index is 0.0337. The Morgan fingerprint density at radius 1 is 1.09 bits per heavy atom. The number of nitriles is 1. The van der Waals surface area contributed by atoms with Crippen LogP contribution >= 0.6 is 11.6 Å². The third-order valence-electron chi connectivity index (χ3n) is 11.0. The van der Waals surface area contributed by atoms with Gasteiger partial charge in [-0.15, -0.1) is 0 Å². The molecule has 2 amide bonds. The van der Waals surface area contributed by atoms with Gasteiger partial charge in [0.25, 0.3) is 5.91 Å². The van der Waals surface area contributed by atoms with Gasteiger partial charge in [-0.1, -0.05) is 56.3 Å². The van der Waals surface area contributed by atoms with Crippen molar-refractivity contribution >= 4 is 45.7 Å². The average Bonchev–Trinajstić information content (AvgIpc) is 3.68. The summed E-state index contributed by atoms with van der Waals surface area (Å²) in [4.78, 5) is 44.4. The minimum atomic E-state index is -0.317. The molecule has 55 heavy (non-hydrogen) atoms. The maximum absolute atomic E-state index is 13.8. The topological polar surface area (TPSA) is 135 Å². The van der Waals surface area contributed by atoms with Crippen LogP contribution in [0.1, 0.15) is 59.8 Å². The zero-order chi connectivity index (χ0) is 38.8. The van der Waals surface area contributed by atoms with Crippen LogP contribution in [-0.4, -0.2) is 95.7 Å². The summed E-state index contributed by atoms with van der Waals surface area (Å²) in [5.41, 5.74) is 4.02. The first-order valence-corrected chi connectivity index (χ1v) is 19.2. The van der Waals surface area contributed by atoms with Crippen LogP contribution in [-0.2, 0) is 17.8 Å². The molecule has 12 nitrogen and oxygen atoms in total. The van der Waals surface area contributed by atoms with Crippen LogP contribution in [0.25, 0.3) is 10.8 Å². The molecule has 4 aromatic rings. The molecule has 0 radical (unpaired) electrons. The van der Waals surface area contributed by atoms with Crippen molar-refractivity contribution in [2.75, 3.05) is 62.8 Å². The summed E-state index contributed by atoms with van der Waals surface area (Å²) in [6.07, 6.45) is 2.91. The zero-order valence-corrected chi connectivity index (χ0v) is 32.3. The number of rotatable bonds is 10. The number of halogens is 1. The lowest BCUT2D eigenvalue weighted by Crippen LogP contribution is -2.55. The Balaban J connectivity index is 1.15. The van der Waals surface area contributed by atoms with E-state index in [4.69, 9.17) is 31.0 Å². The first-order valence-electron chi connectivity index (χ1n) is 18.8. The molecule has 3 aromatic carbocycles. The fourth-order valence-corrected chi connectivity index (χ4v) is 8.37. The Kier molecular flexibility index (Phi) is 11.0. The van der Waals surface area contributed by atoms with Crippen molar-refractivity contribution < 1.29 is 24.2 Å². The Labute approximate surface area is 326 Å². The number of carbonyl (C=O) groups excluding carboxylic acids is 2. The highest BCUT2D eigenvalue weighted by Crippen LogP contribution is 2.38. The number of anilines is 2.